The van der Waals surface area contributed by atoms with E-state index in [1.807, 2.05) is 6.07 Å². The summed E-state index contributed by atoms with van der Waals surface area (Å²) in [5, 5.41) is 0.186. The van der Waals surface area contributed by atoms with Crippen molar-refractivity contribution in [1.82, 2.24) is 13.7 Å². The van der Waals surface area contributed by atoms with Crippen molar-refractivity contribution in [2.75, 3.05) is 20.2 Å². The van der Waals surface area contributed by atoms with Crippen molar-refractivity contribution < 1.29 is 13.2 Å². The Hall–Kier alpha value is -0.960. The molecular formula is C12H14BrN3O3S. The zero-order valence-corrected chi connectivity index (χ0v) is 13.3. The highest BCUT2D eigenvalue weighted by atomic mass is 79.9. The van der Waals surface area contributed by atoms with Crippen LogP contribution in [-0.2, 0) is 14.8 Å². The maximum absolute atomic E-state index is 12.7. The zero-order chi connectivity index (χ0) is 14.3. The number of halogens is 1. The van der Waals surface area contributed by atoms with Crippen LogP contribution in [0.5, 0.6) is 0 Å². The van der Waals surface area contributed by atoms with Crippen LogP contribution < -0.4 is 0 Å². The van der Waals surface area contributed by atoms with E-state index in [1.165, 1.54) is 10.5 Å². The van der Waals surface area contributed by atoms with Crippen molar-refractivity contribution >= 4 is 31.6 Å². The molecule has 0 radical (unpaired) electrons. The smallest absolute Gasteiger partial charge is 0.260 e. The second-order valence-corrected chi connectivity index (χ2v) is 7.48. The van der Waals surface area contributed by atoms with Crippen LogP contribution in [0.1, 0.15) is 6.42 Å². The predicted octanol–water partition coefficient (Wildman–Crippen LogP) is 1.51. The highest BCUT2D eigenvalue weighted by molar-refractivity contribution is 9.10. The molecule has 1 unspecified atom stereocenters. The van der Waals surface area contributed by atoms with Gasteiger partial charge in [0.05, 0.1) is 12.3 Å². The summed E-state index contributed by atoms with van der Waals surface area (Å²) in [6.45, 7) is 0.863. The number of imidazole rings is 1. The third-order valence-corrected chi connectivity index (χ3v) is 5.79. The zero-order valence-electron chi connectivity index (χ0n) is 10.9. The topological polar surface area (TPSA) is 63.9 Å². The van der Waals surface area contributed by atoms with Crippen molar-refractivity contribution in [3.63, 3.8) is 0 Å². The lowest BCUT2D eigenvalue weighted by Gasteiger charge is -2.15. The first-order chi connectivity index (χ1) is 9.52. The molecule has 0 bridgehead atoms. The van der Waals surface area contributed by atoms with Crippen molar-refractivity contribution in [3.05, 3.63) is 29.0 Å². The molecule has 0 aromatic carbocycles. The number of nitrogens with zero attached hydrogens (tertiary/aromatic N) is 3. The Labute approximate surface area is 125 Å². The standard InChI is InChI=1S/C12H14BrN3O3S/c1-19-10-4-5-15(8-10)20(17,18)12-6-14-11-3-2-9(13)7-16(11)12/h2-3,6-7,10H,4-5,8H2,1H3. The minimum Gasteiger partial charge on any atom is -0.380 e. The fourth-order valence-electron chi connectivity index (χ4n) is 2.36. The molecule has 1 aliphatic heterocycles. The number of rotatable bonds is 3. The first kappa shape index (κ1) is 14.0. The molecule has 2 aromatic heterocycles. The number of hydrogen-bond acceptors (Lipinski definition) is 4. The number of ether oxygens (including phenoxy) is 1. The van der Waals surface area contributed by atoms with E-state index in [1.54, 1.807) is 23.8 Å². The minimum absolute atomic E-state index is 0.0318. The molecule has 20 heavy (non-hydrogen) atoms. The summed E-state index contributed by atoms with van der Waals surface area (Å²) in [6, 6.07) is 3.60. The van der Waals surface area contributed by atoms with E-state index < -0.39 is 10.0 Å². The summed E-state index contributed by atoms with van der Waals surface area (Å²) in [5.41, 5.74) is 0.606. The SMILES string of the molecule is COC1CCN(S(=O)(=O)c2cnc3ccc(Br)cn23)C1. The Morgan fingerprint density at radius 1 is 1.45 bits per heavy atom. The maximum Gasteiger partial charge on any atom is 0.260 e. The fourth-order valence-corrected chi connectivity index (χ4v) is 4.25. The molecule has 1 saturated heterocycles. The fraction of sp³-hybridized carbons (Fsp3) is 0.417. The van der Waals surface area contributed by atoms with Crippen LogP contribution in [-0.4, -0.2) is 48.4 Å². The molecule has 6 nitrogen and oxygen atoms in total. The molecule has 0 amide bonds. The number of aromatic nitrogens is 2. The molecule has 108 valence electrons. The summed E-state index contributed by atoms with van der Waals surface area (Å²) < 4.78 is 34.4. The van der Waals surface area contributed by atoms with Gasteiger partial charge < -0.3 is 4.74 Å². The average Bonchev–Trinajstić information content (AvgIpc) is 3.05. The van der Waals surface area contributed by atoms with Gasteiger partial charge in [-0.3, -0.25) is 4.40 Å². The lowest BCUT2D eigenvalue weighted by Crippen LogP contribution is -2.30. The Kier molecular flexibility index (Phi) is 3.57. The van der Waals surface area contributed by atoms with E-state index in [4.69, 9.17) is 4.74 Å². The van der Waals surface area contributed by atoms with Gasteiger partial charge in [0.2, 0.25) is 0 Å². The largest absolute Gasteiger partial charge is 0.380 e. The number of methoxy groups -OCH3 is 1. The van der Waals surface area contributed by atoms with Crippen LogP contribution in [0, 0.1) is 0 Å². The summed E-state index contributed by atoms with van der Waals surface area (Å²) in [5.74, 6) is 0. The second-order valence-electron chi connectivity index (χ2n) is 4.68. The van der Waals surface area contributed by atoms with E-state index in [-0.39, 0.29) is 11.1 Å². The highest BCUT2D eigenvalue weighted by Gasteiger charge is 2.34. The van der Waals surface area contributed by atoms with Crippen LogP contribution in [0.2, 0.25) is 0 Å². The molecule has 1 fully saturated rings. The Morgan fingerprint density at radius 3 is 2.95 bits per heavy atom. The molecule has 1 aliphatic rings. The van der Waals surface area contributed by atoms with Gasteiger partial charge in [0.15, 0.2) is 5.03 Å². The van der Waals surface area contributed by atoms with Gasteiger partial charge in [-0.15, -0.1) is 0 Å². The van der Waals surface area contributed by atoms with E-state index >= 15 is 0 Å². The molecule has 0 saturated carbocycles. The van der Waals surface area contributed by atoms with Gasteiger partial charge in [-0.05, 0) is 34.5 Å². The van der Waals surface area contributed by atoms with Crippen LogP contribution in [0.3, 0.4) is 0 Å². The van der Waals surface area contributed by atoms with Crippen molar-refractivity contribution in [3.8, 4) is 0 Å². The molecule has 2 aromatic rings. The van der Waals surface area contributed by atoms with E-state index in [9.17, 15) is 8.42 Å². The lowest BCUT2D eigenvalue weighted by atomic mass is 10.3. The molecule has 3 rings (SSSR count). The lowest BCUT2D eigenvalue weighted by molar-refractivity contribution is 0.115. The van der Waals surface area contributed by atoms with E-state index in [0.717, 1.165) is 10.9 Å². The minimum atomic E-state index is -3.55. The molecule has 0 N–H and O–H groups in total. The van der Waals surface area contributed by atoms with Gasteiger partial charge in [0, 0.05) is 30.9 Å². The van der Waals surface area contributed by atoms with Gasteiger partial charge in [0.25, 0.3) is 10.0 Å². The maximum atomic E-state index is 12.7. The summed E-state index contributed by atoms with van der Waals surface area (Å²) in [4.78, 5) is 4.14. The first-order valence-corrected chi connectivity index (χ1v) is 8.41. The van der Waals surface area contributed by atoms with Crippen LogP contribution >= 0.6 is 15.9 Å². The van der Waals surface area contributed by atoms with Crippen LogP contribution in [0.15, 0.2) is 34.0 Å². The second kappa shape index (κ2) is 5.10. The van der Waals surface area contributed by atoms with Crippen LogP contribution in [0.25, 0.3) is 5.65 Å². The Morgan fingerprint density at radius 2 is 2.25 bits per heavy atom. The Bertz CT molecular complexity index is 743. The number of fused-ring (bicyclic) bond motifs is 1. The summed E-state index contributed by atoms with van der Waals surface area (Å²) >= 11 is 3.35. The summed E-state index contributed by atoms with van der Waals surface area (Å²) in [6.07, 6.45) is 3.79. The van der Waals surface area contributed by atoms with Crippen molar-refractivity contribution in [2.45, 2.75) is 17.6 Å². The molecule has 1 atom stereocenters. The first-order valence-electron chi connectivity index (χ1n) is 6.18. The third-order valence-electron chi connectivity index (χ3n) is 3.48. The Balaban J connectivity index is 2.03. The van der Waals surface area contributed by atoms with Gasteiger partial charge in [0.1, 0.15) is 5.65 Å². The van der Waals surface area contributed by atoms with Gasteiger partial charge in [-0.25, -0.2) is 13.4 Å². The van der Waals surface area contributed by atoms with Gasteiger partial charge in [-0.1, -0.05) is 0 Å². The normalized spacial score (nSPS) is 20.8. The van der Waals surface area contributed by atoms with Crippen LogP contribution in [0.4, 0.5) is 0 Å². The van der Waals surface area contributed by atoms with Crippen molar-refractivity contribution in [1.29, 1.82) is 0 Å². The number of sulfonamides is 1. The molecule has 8 heteroatoms. The molecule has 0 spiro atoms. The highest BCUT2D eigenvalue weighted by Crippen LogP contribution is 2.24. The third kappa shape index (κ3) is 2.26. The van der Waals surface area contributed by atoms with Gasteiger partial charge in [-0.2, -0.15) is 4.31 Å². The summed E-state index contributed by atoms with van der Waals surface area (Å²) in [7, 11) is -1.95. The molecule has 3 heterocycles. The van der Waals surface area contributed by atoms with E-state index in [0.29, 0.717) is 18.7 Å². The van der Waals surface area contributed by atoms with E-state index in [2.05, 4.69) is 20.9 Å². The quantitative estimate of drug-likeness (QED) is 0.832. The monoisotopic (exact) mass is 359 g/mol. The van der Waals surface area contributed by atoms with Gasteiger partial charge >= 0.3 is 0 Å². The number of pyridine rings is 1. The molecular weight excluding hydrogens is 346 g/mol. The predicted molar refractivity (Wildman–Crippen MR) is 77.1 cm³/mol. The number of hydrogen-bond donors (Lipinski definition) is 0. The van der Waals surface area contributed by atoms with Crippen molar-refractivity contribution in [2.24, 2.45) is 0 Å². The average molecular weight is 360 g/mol. The molecule has 0 aliphatic carbocycles.